The summed E-state index contributed by atoms with van der Waals surface area (Å²) in [6.45, 7) is 4.64. The summed E-state index contributed by atoms with van der Waals surface area (Å²) in [5.74, 6) is -0.561. The molecule has 0 bridgehead atoms. The number of methoxy groups -OCH3 is 1. The lowest BCUT2D eigenvalue weighted by Gasteiger charge is -2.34. The highest BCUT2D eigenvalue weighted by molar-refractivity contribution is 7.89. The second kappa shape index (κ2) is 13.5. The lowest BCUT2D eigenvalue weighted by molar-refractivity contribution is -0.135. The molecule has 0 saturated carbocycles. The molecule has 1 aromatic carbocycles. The van der Waals surface area contributed by atoms with Crippen molar-refractivity contribution in [1.29, 1.82) is 0 Å². The van der Waals surface area contributed by atoms with Gasteiger partial charge >= 0.3 is 0 Å². The Morgan fingerprint density at radius 3 is 2.62 bits per heavy atom. The fourth-order valence-corrected chi connectivity index (χ4v) is 7.04. The molecule has 1 aliphatic heterocycles. The van der Waals surface area contributed by atoms with Gasteiger partial charge in [-0.15, -0.1) is 11.3 Å². The minimum Gasteiger partial charge on any atom is -0.381 e. The molecule has 10 nitrogen and oxygen atoms in total. The first kappa shape index (κ1) is 29.9. The van der Waals surface area contributed by atoms with Gasteiger partial charge < -0.3 is 19.9 Å². The normalized spacial score (nSPS) is 15.2. The lowest BCUT2D eigenvalue weighted by atomic mass is 10.0. The van der Waals surface area contributed by atoms with Crippen LogP contribution >= 0.6 is 11.3 Å². The zero-order chi connectivity index (χ0) is 28.7. The van der Waals surface area contributed by atoms with Crippen molar-refractivity contribution >= 4 is 38.9 Å². The fraction of sp³-hybridized carbons (Fsp3) is 0.464. The minimum absolute atomic E-state index is 0.0702. The van der Waals surface area contributed by atoms with Crippen LogP contribution in [0.4, 0.5) is 5.69 Å². The zero-order valence-electron chi connectivity index (χ0n) is 23.1. The number of rotatable bonds is 12. The Morgan fingerprint density at radius 2 is 2.00 bits per heavy atom. The summed E-state index contributed by atoms with van der Waals surface area (Å²) < 4.78 is 36.0. The van der Waals surface area contributed by atoms with E-state index in [-0.39, 0.29) is 34.9 Å². The van der Waals surface area contributed by atoms with Gasteiger partial charge in [0.15, 0.2) is 0 Å². The molecule has 0 aliphatic carbocycles. The molecule has 1 unspecified atom stereocenters. The molecule has 1 fully saturated rings. The van der Waals surface area contributed by atoms with Crippen LogP contribution in [-0.4, -0.2) is 67.4 Å². The number of hydrogen-bond acceptors (Lipinski definition) is 7. The Labute approximate surface area is 239 Å². The number of likely N-dealkylation sites (tertiary alicyclic amines) is 1. The number of anilines is 1. The van der Waals surface area contributed by atoms with E-state index in [2.05, 4.69) is 20.0 Å². The first-order valence-corrected chi connectivity index (χ1v) is 15.9. The van der Waals surface area contributed by atoms with E-state index in [0.717, 1.165) is 16.3 Å². The number of sulfonamides is 1. The van der Waals surface area contributed by atoms with Crippen molar-refractivity contribution in [3.8, 4) is 10.4 Å². The third kappa shape index (κ3) is 7.17. The predicted octanol–water partition coefficient (Wildman–Crippen LogP) is 4.10. The molecule has 4 rings (SSSR count). The monoisotopic (exact) mass is 587 g/mol. The number of thiophene rings is 1. The molecule has 0 radical (unpaired) electrons. The van der Waals surface area contributed by atoms with Crippen LogP contribution in [0.5, 0.6) is 0 Å². The second-order valence-corrected chi connectivity index (χ2v) is 12.5. The molecule has 1 aliphatic rings. The van der Waals surface area contributed by atoms with Crippen molar-refractivity contribution < 1.29 is 22.7 Å². The van der Waals surface area contributed by atoms with Gasteiger partial charge in [-0.05, 0) is 56.5 Å². The molecule has 40 heavy (non-hydrogen) atoms. The highest BCUT2D eigenvalue weighted by Crippen LogP contribution is 2.36. The summed E-state index contributed by atoms with van der Waals surface area (Å²) in [6, 6.07) is 7.67. The Kier molecular flexibility index (Phi) is 10.1. The van der Waals surface area contributed by atoms with Crippen molar-refractivity contribution in [1.82, 2.24) is 19.6 Å². The van der Waals surface area contributed by atoms with Crippen molar-refractivity contribution in [2.45, 2.75) is 69.4 Å². The number of imidazole rings is 1. The second-order valence-electron chi connectivity index (χ2n) is 9.86. The number of amides is 2. The smallest absolute Gasteiger partial charge is 0.243 e. The molecule has 2 aromatic heterocycles. The number of H-pyrrole nitrogens is 1. The van der Waals surface area contributed by atoms with Gasteiger partial charge in [-0.1, -0.05) is 25.1 Å². The molecule has 216 valence electrons. The Morgan fingerprint density at radius 1 is 1.23 bits per heavy atom. The van der Waals surface area contributed by atoms with Gasteiger partial charge in [-0.2, -0.15) is 4.72 Å². The van der Waals surface area contributed by atoms with E-state index in [9.17, 15) is 18.0 Å². The van der Waals surface area contributed by atoms with Crippen LogP contribution in [0.1, 0.15) is 50.4 Å². The Hall–Kier alpha value is -3.06. The maximum atomic E-state index is 13.9. The number of nitrogens with zero attached hydrogens (tertiary/aromatic N) is 2. The molecule has 1 saturated heterocycles. The first-order chi connectivity index (χ1) is 19.2. The van der Waals surface area contributed by atoms with Crippen LogP contribution < -0.4 is 10.0 Å². The van der Waals surface area contributed by atoms with Crippen LogP contribution in [0, 0.1) is 6.92 Å². The quantitative estimate of drug-likeness (QED) is 0.292. The van der Waals surface area contributed by atoms with E-state index < -0.39 is 16.1 Å². The Bertz CT molecular complexity index is 1400. The van der Waals surface area contributed by atoms with Crippen LogP contribution in [0.15, 0.2) is 46.9 Å². The predicted molar refractivity (Wildman–Crippen MR) is 156 cm³/mol. The number of hydrogen-bond donors (Lipinski definition) is 3. The van der Waals surface area contributed by atoms with E-state index in [1.54, 1.807) is 37.4 Å². The van der Waals surface area contributed by atoms with Gasteiger partial charge in [0, 0.05) is 42.8 Å². The van der Waals surface area contributed by atoms with Gasteiger partial charge in [0.2, 0.25) is 21.8 Å². The number of carbonyl (C=O) groups is 2. The molecular weight excluding hydrogens is 550 g/mol. The molecule has 3 aromatic rings. The summed E-state index contributed by atoms with van der Waals surface area (Å²) in [7, 11) is -2.54. The van der Waals surface area contributed by atoms with E-state index in [4.69, 9.17) is 4.74 Å². The summed E-state index contributed by atoms with van der Waals surface area (Å²) >= 11 is 1.45. The largest absolute Gasteiger partial charge is 0.381 e. The van der Waals surface area contributed by atoms with Crippen molar-refractivity contribution in [3.63, 3.8) is 0 Å². The third-order valence-corrected chi connectivity index (χ3v) is 9.63. The van der Waals surface area contributed by atoms with Crippen molar-refractivity contribution in [2.24, 2.45) is 0 Å². The molecule has 3 heterocycles. The van der Waals surface area contributed by atoms with Crippen LogP contribution in [0.2, 0.25) is 0 Å². The van der Waals surface area contributed by atoms with Gasteiger partial charge in [-0.3, -0.25) is 9.59 Å². The average Bonchev–Trinajstić information content (AvgIpc) is 3.64. The molecule has 3 N–H and O–H groups in total. The molecule has 2 amide bonds. The van der Waals surface area contributed by atoms with E-state index >= 15 is 0 Å². The Balaban J connectivity index is 1.63. The van der Waals surface area contributed by atoms with Crippen molar-refractivity contribution in [2.75, 3.05) is 25.5 Å². The number of aryl methyl sites for hydroxylation is 2. The maximum absolute atomic E-state index is 13.9. The zero-order valence-corrected chi connectivity index (χ0v) is 24.7. The van der Waals surface area contributed by atoms with Crippen LogP contribution in [0.3, 0.4) is 0 Å². The van der Waals surface area contributed by atoms with Gasteiger partial charge in [-0.25, -0.2) is 13.4 Å². The number of nitrogens with one attached hydrogen (secondary N) is 3. The van der Waals surface area contributed by atoms with Crippen LogP contribution in [-0.2, 0) is 30.8 Å². The van der Waals surface area contributed by atoms with Crippen molar-refractivity contribution in [3.05, 3.63) is 53.4 Å². The molecule has 12 heteroatoms. The van der Waals surface area contributed by atoms with Crippen LogP contribution in [0.25, 0.3) is 10.4 Å². The number of benzene rings is 1. The topological polar surface area (TPSA) is 133 Å². The first-order valence-electron chi connectivity index (χ1n) is 13.5. The summed E-state index contributed by atoms with van der Waals surface area (Å²) in [4.78, 5) is 36.0. The molecular formula is C28H37N5O5S2. The number of carbonyl (C=O) groups excluding carboxylic acids is 2. The van der Waals surface area contributed by atoms with Gasteiger partial charge in [0.25, 0.3) is 0 Å². The molecule has 1 atom stereocenters. The van der Waals surface area contributed by atoms with E-state index in [1.807, 2.05) is 24.4 Å². The van der Waals surface area contributed by atoms with E-state index in [1.165, 1.54) is 17.4 Å². The summed E-state index contributed by atoms with van der Waals surface area (Å²) in [5, 5.41) is 4.69. The lowest BCUT2D eigenvalue weighted by Crippen LogP contribution is -2.51. The molecule has 0 spiro atoms. The SMILES string of the molecule is CCC(=O)Nc1c(-c2cccs2)cccc1S(=O)(=O)NC(CCCc1nc[nH]c1C)C(=O)N1CCC(OC)CC1. The number of piperidine rings is 1. The minimum atomic E-state index is -4.20. The number of para-hydroxylation sites is 1. The average molecular weight is 588 g/mol. The summed E-state index contributed by atoms with van der Waals surface area (Å²) in [5.41, 5.74) is 2.66. The van der Waals surface area contributed by atoms with Gasteiger partial charge in [0.1, 0.15) is 10.9 Å². The third-order valence-electron chi connectivity index (χ3n) is 7.21. The standard InChI is InChI=1S/C28H37N5O5S2/c1-4-26(34)31-27-21(24-11-7-17-39-24)8-5-12-25(27)40(36,37)32-23(10-6-9-22-19(2)29-18-30-22)28(35)33-15-13-20(38-3)14-16-33/h5,7-8,11-12,17-18,20,23,32H,4,6,9-10,13-16H2,1-3H3,(H,29,30)(H,31,34). The highest BCUT2D eigenvalue weighted by Gasteiger charge is 2.33. The van der Waals surface area contributed by atoms with E-state index in [0.29, 0.717) is 50.8 Å². The maximum Gasteiger partial charge on any atom is 0.243 e. The number of aromatic amines is 1. The summed E-state index contributed by atoms with van der Waals surface area (Å²) in [6.07, 6.45) is 4.78. The van der Waals surface area contributed by atoms with Gasteiger partial charge in [0.05, 0.1) is 23.8 Å². The number of ether oxygens (including phenoxy) is 1. The highest BCUT2D eigenvalue weighted by atomic mass is 32.2. The number of aromatic nitrogens is 2. The fourth-order valence-electron chi connectivity index (χ4n) is 4.88.